The first-order valence-electron chi connectivity index (χ1n) is 4.97. The average molecular weight is 220 g/mol. The molecule has 0 saturated heterocycles. The summed E-state index contributed by atoms with van der Waals surface area (Å²) in [6.07, 6.45) is 0. The van der Waals surface area contributed by atoms with Crippen molar-refractivity contribution in [2.24, 2.45) is 0 Å². The minimum Gasteiger partial charge on any atom is -0.507 e. The van der Waals surface area contributed by atoms with E-state index in [-0.39, 0.29) is 17.7 Å². The van der Waals surface area contributed by atoms with Crippen LogP contribution in [0.25, 0.3) is 11.5 Å². The van der Waals surface area contributed by atoms with Gasteiger partial charge in [0.2, 0.25) is 0 Å². The highest BCUT2D eigenvalue weighted by atomic mass is 16.4. The first-order chi connectivity index (χ1) is 7.59. The van der Waals surface area contributed by atoms with Crippen molar-refractivity contribution in [1.82, 2.24) is 9.78 Å². The van der Waals surface area contributed by atoms with Gasteiger partial charge in [0.1, 0.15) is 5.75 Å². The fourth-order valence-corrected chi connectivity index (χ4v) is 1.38. The van der Waals surface area contributed by atoms with Crippen LogP contribution in [0.3, 0.4) is 0 Å². The highest BCUT2D eigenvalue weighted by Gasteiger charge is 2.14. The van der Waals surface area contributed by atoms with Crippen LogP contribution in [0.15, 0.2) is 33.5 Å². The molecule has 5 nitrogen and oxygen atoms in total. The number of phenols is 1. The molecule has 84 valence electrons. The van der Waals surface area contributed by atoms with Gasteiger partial charge in [-0.1, -0.05) is 12.1 Å². The minimum absolute atomic E-state index is 0.0413. The topological polar surface area (TPSA) is 68.3 Å². The molecule has 0 bridgehead atoms. The van der Waals surface area contributed by atoms with E-state index >= 15 is 0 Å². The number of benzene rings is 1. The van der Waals surface area contributed by atoms with Gasteiger partial charge in [-0.25, -0.2) is 4.79 Å². The van der Waals surface area contributed by atoms with Crippen molar-refractivity contribution in [3.63, 3.8) is 0 Å². The number of hydrogen-bond acceptors (Lipinski definition) is 4. The molecule has 0 aliphatic heterocycles. The second kappa shape index (κ2) is 3.84. The molecule has 0 saturated carbocycles. The van der Waals surface area contributed by atoms with Crippen LogP contribution in [-0.2, 0) is 0 Å². The van der Waals surface area contributed by atoms with E-state index in [1.54, 1.807) is 18.2 Å². The van der Waals surface area contributed by atoms with E-state index in [1.807, 2.05) is 13.8 Å². The summed E-state index contributed by atoms with van der Waals surface area (Å²) in [5.41, 5.74) is 0.416. The molecule has 1 N–H and O–H groups in total. The SMILES string of the molecule is CC(C)n1nc(-c2ccccc2O)oc1=O. The van der Waals surface area contributed by atoms with Gasteiger partial charge >= 0.3 is 5.76 Å². The predicted octanol–water partition coefficient (Wildman–Crippen LogP) is 1.79. The Morgan fingerprint density at radius 3 is 2.62 bits per heavy atom. The van der Waals surface area contributed by atoms with E-state index < -0.39 is 5.76 Å². The number of rotatable bonds is 2. The lowest BCUT2D eigenvalue weighted by Crippen LogP contribution is -2.17. The van der Waals surface area contributed by atoms with Crippen LogP contribution < -0.4 is 5.76 Å². The second-order valence-corrected chi connectivity index (χ2v) is 3.73. The molecule has 0 amide bonds. The van der Waals surface area contributed by atoms with Gasteiger partial charge in [-0.3, -0.25) is 0 Å². The maximum atomic E-state index is 11.4. The zero-order chi connectivity index (χ0) is 11.7. The molecular formula is C11H12N2O3. The zero-order valence-corrected chi connectivity index (χ0v) is 9.04. The molecular weight excluding hydrogens is 208 g/mol. The third-order valence-electron chi connectivity index (χ3n) is 2.19. The van der Waals surface area contributed by atoms with E-state index in [0.29, 0.717) is 5.56 Å². The largest absolute Gasteiger partial charge is 0.507 e. The van der Waals surface area contributed by atoms with Gasteiger partial charge in [-0.05, 0) is 26.0 Å². The third-order valence-corrected chi connectivity index (χ3v) is 2.19. The van der Waals surface area contributed by atoms with Crippen LogP contribution in [0.4, 0.5) is 0 Å². The monoisotopic (exact) mass is 220 g/mol. The van der Waals surface area contributed by atoms with Crippen molar-refractivity contribution in [2.45, 2.75) is 19.9 Å². The van der Waals surface area contributed by atoms with Gasteiger partial charge in [0.05, 0.1) is 11.6 Å². The van der Waals surface area contributed by atoms with Gasteiger partial charge in [0.15, 0.2) is 0 Å². The summed E-state index contributed by atoms with van der Waals surface area (Å²) in [5.74, 6) is -0.343. The van der Waals surface area contributed by atoms with Crippen molar-refractivity contribution in [2.75, 3.05) is 0 Å². The Morgan fingerprint density at radius 1 is 1.38 bits per heavy atom. The van der Waals surface area contributed by atoms with Gasteiger partial charge < -0.3 is 9.52 Å². The number of para-hydroxylation sites is 1. The Kier molecular flexibility index (Phi) is 2.52. The van der Waals surface area contributed by atoms with Crippen LogP contribution in [0, 0.1) is 0 Å². The lowest BCUT2D eigenvalue weighted by atomic mass is 10.2. The zero-order valence-electron chi connectivity index (χ0n) is 9.04. The van der Waals surface area contributed by atoms with Crippen molar-refractivity contribution < 1.29 is 9.52 Å². The lowest BCUT2D eigenvalue weighted by molar-refractivity contribution is 0.447. The lowest BCUT2D eigenvalue weighted by Gasteiger charge is -2.00. The summed E-state index contributed by atoms with van der Waals surface area (Å²) in [6.45, 7) is 3.66. The van der Waals surface area contributed by atoms with Gasteiger partial charge in [0.25, 0.3) is 5.89 Å². The Morgan fingerprint density at radius 2 is 2.06 bits per heavy atom. The second-order valence-electron chi connectivity index (χ2n) is 3.73. The molecule has 1 aromatic carbocycles. The van der Waals surface area contributed by atoms with Crippen molar-refractivity contribution in [3.8, 4) is 17.2 Å². The minimum atomic E-state index is -0.520. The Bertz CT molecular complexity index is 554. The van der Waals surface area contributed by atoms with Crippen LogP contribution in [-0.4, -0.2) is 14.9 Å². The van der Waals surface area contributed by atoms with Crippen LogP contribution in [0.2, 0.25) is 0 Å². The fourth-order valence-electron chi connectivity index (χ4n) is 1.38. The summed E-state index contributed by atoms with van der Waals surface area (Å²) in [5, 5.41) is 13.6. The molecule has 16 heavy (non-hydrogen) atoms. The Balaban J connectivity index is 2.54. The highest BCUT2D eigenvalue weighted by molar-refractivity contribution is 5.61. The molecule has 0 radical (unpaired) electrons. The normalized spacial score (nSPS) is 10.9. The molecule has 0 spiro atoms. The molecule has 0 unspecified atom stereocenters. The van der Waals surface area contributed by atoms with Crippen LogP contribution in [0.1, 0.15) is 19.9 Å². The molecule has 2 aromatic rings. The number of hydrogen-bond donors (Lipinski definition) is 1. The molecule has 5 heteroatoms. The average Bonchev–Trinajstić information content (AvgIpc) is 2.61. The first-order valence-corrected chi connectivity index (χ1v) is 4.97. The van der Waals surface area contributed by atoms with Crippen molar-refractivity contribution >= 4 is 0 Å². The molecule has 1 aromatic heterocycles. The van der Waals surface area contributed by atoms with Crippen LogP contribution >= 0.6 is 0 Å². The molecule has 0 atom stereocenters. The first kappa shape index (κ1) is 10.5. The highest BCUT2D eigenvalue weighted by Crippen LogP contribution is 2.26. The molecule has 0 aliphatic carbocycles. The van der Waals surface area contributed by atoms with Gasteiger partial charge in [-0.2, -0.15) is 4.68 Å². The third kappa shape index (κ3) is 1.71. The van der Waals surface area contributed by atoms with E-state index in [1.165, 1.54) is 10.7 Å². The number of aromatic hydroxyl groups is 1. The maximum absolute atomic E-state index is 11.4. The van der Waals surface area contributed by atoms with E-state index in [9.17, 15) is 9.90 Å². The van der Waals surface area contributed by atoms with Crippen molar-refractivity contribution in [3.05, 3.63) is 34.8 Å². The summed E-state index contributed by atoms with van der Waals surface area (Å²) in [7, 11) is 0. The summed E-state index contributed by atoms with van der Waals surface area (Å²) in [4.78, 5) is 11.4. The van der Waals surface area contributed by atoms with E-state index in [2.05, 4.69) is 5.10 Å². The summed E-state index contributed by atoms with van der Waals surface area (Å²) < 4.78 is 6.22. The van der Waals surface area contributed by atoms with Gasteiger partial charge in [0, 0.05) is 0 Å². The van der Waals surface area contributed by atoms with E-state index in [4.69, 9.17) is 4.42 Å². The van der Waals surface area contributed by atoms with E-state index in [0.717, 1.165) is 0 Å². The maximum Gasteiger partial charge on any atom is 0.437 e. The quantitative estimate of drug-likeness (QED) is 0.837. The number of nitrogens with zero attached hydrogens (tertiary/aromatic N) is 2. The fraction of sp³-hybridized carbons (Fsp3) is 0.273. The summed E-state index contributed by atoms with van der Waals surface area (Å²) in [6, 6.07) is 6.52. The standard InChI is InChI=1S/C11H12N2O3/c1-7(2)13-11(15)16-10(12-13)8-5-3-4-6-9(8)14/h3-7,14H,1-2H3. The molecule has 1 heterocycles. The Labute approximate surface area is 92.0 Å². The Hall–Kier alpha value is -2.04. The summed E-state index contributed by atoms with van der Waals surface area (Å²) >= 11 is 0. The van der Waals surface area contributed by atoms with Crippen molar-refractivity contribution in [1.29, 1.82) is 0 Å². The molecule has 2 rings (SSSR count). The van der Waals surface area contributed by atoms with Gasteiger partial charge in [-0.15, -0.1) is 5.10 Å². The molecule has 0 aliphatic rings. The predicted molar refractivity (Wildman–Crippen MR) is 58.2 cm³/mol. The van der Waals surface area contributed by atoms with Crippen LogP contribution in [0.5, 0.6) is 5.75 Å². The number of phenolic OH excluding ortho intramolecular Hbond substituents is 1. The number of aromatic nitrogens is 2. The molecule has 0 fully saturated rings. The smallest absolute Gasteiger partial charge is 0.437 e.